The Bertz CT molecular complexity index is 434. The Morgan fingerprint density at radius 1 is 1.05 bits per heavy atom. The van der Waals surface area contributed by atoms with Gasteiger partial charge in [-0.1, -0.05) is 29.4 Å². The molecule has 0 heterocycles. The Hall–Kier alpha value is -2.14. The predicted octanol–water partition coefficient (Wildman–Crippen LogP) is -1.68. The molecule has 10 heteroatoms. The maximum absolute atomic E-state index is 8.89. The van der Waals surface area contributed by atoms with Gasteiger partial charge in [0, 0.05) is 55.8 Å². The van der Waals surface area contributed by atoms with Gasteiger partial charge in [0.2, 0.25) is 0 Å². The average Bonchev–Trinajstić information content (AvgIpc) is 2.28. The third-order valence-corrected chi connectivity index (χ3v) is 0.845. The Morgan fingerprint density at radius 2 is 1.41 bits per heavy atom. The number of benzene rings is 1. The summed E-state index contributed by atoms with van der Waals surface area (Å²) in [6, 6.07) is 9.75. The van der Waals surface area contributed by atoms with Gasteiger partial charge >= 0.3 is 0 Å². The Kier molecular flexibility index (Phi) is 27.0. The van der Waals surface area contributed by atoms with E-state index in [2.05, 4.69) is 16.1 Å². The van der Waals surface area contributed by atoms with E-state index in [1.54, 1.807) is 18.2 Å². The first-order valence-electron chi connectivity index (χ1n) is 5.18. The second-order valence-electron chi connectivity index (χ2n) is 2.91. The van der Waals surface area contributed by atoms with Crippen LogP contribution < -0.4 is 15.3 Å². The SMILES string of the molecule is CC(=O)[O-].CC(=O)[O-].CC(=O)[O-].[N-]=[N+]=Nc1[c]cccc1.[Pb]. The zero-order chi connectivity index (χ0) is 17.3. The number of carbonyl (C=O) groups is 3. The molecule has 1 aromatic carbocycles. The number of rotatable bonds is 1. The number of carbonyl (C=O) groups excluding carboxylic acids is 3. The van der Waals surface area contributed by atoms with E-state index in [9.17, 15) is 0 Å². The van der Waals surface area contributed by atoms with Crippen molar-refractivity contribution in [2.45, 2.75) is 20.8 Å². The van der Waals surface area contributed by atoms with Crippen LogP contribution in [0.15, 0.2) is 29.4 Å². The Labute approximate surface area is 147 Å². The van der Waals surface area contributed by atoms with E-state index in [1.165, 1.54) is 0 Å². The molecule has 0 aliphatic rings. The Morgan fingerprint density at radius 3 is 1.64 bits per heavy atom. The van der Waals surface area contributed by atoms with Crippen molar-refractivity contribution in [2.24, 2.45) is 5.11 Å². The minimum Gasteiger partial charge on any atom is -0.550 e. The topological polar surface area (TPSA) is 169 Å². The standard InChI is InChI=1S/C6H4N3.3C2H4O2.Pb/c7-9-8-6-4-2-1-3-5-6;3*1-2(3)4;/h1-4H;3*1H3,(H,3,4);/p-3. The van der Waals surface area contributed by atoms with Crippen LogP contribution in [0.5, 0.6) is 0 Å². The van der Waals surface area contributed by atoms with E-state index in [1.807, 2.05) is 6.07 Å². The third-order valence-electron chi connectivity index (χ3n) is 0.845. The third kappa shape index (κ3) is 64.7. The van der Waals surface area contributed by atoms with Crippen LogP contribution in [0.3, 0.4) is 0 Å². The van der Waals surface area contributed by atoms with Crippen molar-refractivity contribution in [2.75, 3.05) is 0 Å². The molecule has 5 radical (unpaired) electrons. The minimum atomic E-state index is -1.08. The number of carboxylic acid groups (broad SMARTS) is 3. The molecule has 119 valence electrons. The summed E-state index contributed by atoms with van der Waals surface area (Å²) in [5.41, 5.74) is 8.49. The molecular formula is C12H13N3O6Pb-3. The molecule has 0 saturated carbocycles. The maximum atomic E-state index is 8.89. The molecule has 0 spiro atoms. The first-order valence-corrected chi connectivity index (χ1v) is 5.18. The van der Waals surface area contributed by atoms with Crippen molar-refractivity contribution in [3.05, 3.63) is 40.8 Å². The molecule has 0 aliphatic carbocycles. The summed E-state index contributed by atoms with van der Waals surface area (Å²) in [7, 11) is 0. The summed E-state index contributed by atoms with van der Waals surface area (Å²) in [6.07, 6.45) is 0. The van der Waals surface area contributed by atoms with Crippen LogP contribution in [-0.2, 0) is 14.4 Å². The maximum Gasteiger partial charge on any atom is 0.0453 e. The molecule has 22 heavy (non-hydrogen) atoms. The van der Waals surface area contributed by atoms with Crippen LogP contribution in [0.25, 0.3) is 10.4 Å². The quantitative estimate of drug-likeness (QED) is 0.192. The second kappa shape index (κ2) is 21.2. The fourth-order valence-corrected chi connectivity index (χ4v) is 0.494. The van der Waals surface area contributed by atoms with Crippen LogP contribution in [-0.4, -0.2) is 45.2 Å². The molecule has 0 fully saturated rings. The zero-order valence-corrected chi connectivity index (χ0v) is 16.0. The molecule has 1 rings (SSSR count). The molecule has 0 saturated heterocycles. The molecule has 0 N–H and O–H groups in total. The number of aliphatic carboxylic acids is 3. The normalized spacial score (nSPS) is 6.68. The summed E-state index contributed by atoms with van der Waals surface area (Å²) in [5, 5.41) is 30.0. The van der Waals surface area contributed by atoms with Crippen molar-refractivity contribution < 1.29 is 29.7 Å². The number of carboxylic acids is 3. The van der Waals surface area contributed by atoms with E-state index in [0.717, 1.165) is 20.8 Å². The molecule has 0 atom stereocenters. The fraction of sp³-hybridized carbons (Fsp3) is 0.250. The van der Waals surface area contributed by atoms with Gasteiger partial charge in [-0.3, -0.25) is 0 Å². The number of hydrogen-bond donors (Lipinski definition) is 0. The van der Waals surface area contributed by atoms with Gasteiger partial charge in [-0.2, -0.15) is 0 Å². The van der Waals surface area contributed by atoms with E-state index in [0.29, 0.717) is 5.69 Å². The summed E-state index contributed by atoms with van der Waals surface area (Å²) < 4.78 is 0. The average molecular weight is 502 g/mol. The largest absolute Gasteiger partial charge is 0.550 e. The van der Waals surface area contributed by atoms with Crippen molar-refractivity contribution in [3.63, 3.8) is 0 Å². The predicted molar refractivity (Wildman–Crippen MR) is 71.9 cm³/mol. The molecule has 0 bridgehead atoms. The van der Waals surface area contributed by atoms with Crippen molar-refractivity contribution >= 4 is 50.9 Å². The van der Waals surface area contributed by atoms with Gasteiger partial charge < -0.3 is 29.7 Å². The summed E-state index contributed by atoms with van der Waals surface area (Å²) >= 11 is 0. The first kappa shape index (κ1) is 28.1. The van der Waals surface area contributed by atoms with Gasteiger partial charge in [-0.15, -0.1) is 0 Å². The second-order valence-corrected chi connectivity index (χ2v) is 2.91. The smallest absolute Gasteiger partial charge is 0.0453 e. The van der Waals surface area contributed by atoms with Gasteiger partial charge in [0.1, 0.15) is 0 Å². The molecular weight excluding hydrogens is 489 g/mol. The van der Waals surface area contributed by atoms with E-state index < -0.39 is 17.9 Å². The molecule has 9 nitrogen and oxygen atoms in total. The summed E-state index contributed by atoms with van der Waals surface area (Å²) in [5.74, 6) is -3.25. The molecule has 0 aliphatic heterocycles. The van der Waals surface area contributed by atoms with Gasteiger partial charge in [-0.05, 0) is 32.4 Å². The Balaban J connectivity index is -0.000000107. The van der Waals surface area contributed by atoms with Crippen molar-refractivity contribution in [1.82, 2.24) is 0 Å². The van der Waals surface area contributed by atoms with E-state index >= 15 is 0 Å². The number of azide groups is 1. The van der Waals surface area contributed by atoms with Crippen LogP contribution in [0.2, 0.25) is 0 Å². The van der Waals surface area contributed by atoms with Crippen molar-refractivity contribution in [1.29, 1.82) is 0 Å². The monoisotopic (exact) mass is 503 g/mol. The van der Waals surface area contributed by atoms with Gasteiger partial charge in [0.25, 0.3) is 0 Å². The molecule has 1 aromatic rings. The summed E-state index contributed by atoms with van der Waals surface area (Å²) in [6.45, 7) is 2.92. The van der Waals surface area contributed by atoms with Crippen molar-refractivity contribution in [3.8, 4) is 0 Å². The minimum absolute atomic E-state index is 0. The van der Waals surface area contributed by atoms with Gasteiger partial charge in [0.05, 0.1) is 0 Å². The molecule has 0 aromatic heterocycles. The molecule has 0 unspecified atom stereocenters. The fourth-order valence-electron chi connectivity index (χ4n) is 0.494. The molecule has 0 amide bonds. The summed E-state index contributed by atoms with van der Waals surface area (Å²) in [4.78, 5) is 29.3. The van der Waals surface area contributed by atoms with Crippen LogP contribution in [0.4, 0.5) is 5.69 Å². The zero-order valence-electron chi connectivity index (χ0n) is 12.1. The number of hydrogen-bond acceptors (Lipinski definition) is 7. The van der Waals surface area contributed by atoms with Crippen LogP contribution >= 0.6 is 0 Å². The van der Waals surface area contributed by atoms with E-state index in [-0.39, 0.29) is 27.3 Å². The van der Waals surface area contributed by atoms with Gasteiger partial charge in [-0.25, -0.2) is 0 Å². The van der Waals surface area contributed by atoms with Gasteiger partial charge in [0.15, 0.2) is 0 Å². The van der Waals surface area contributed by atoms with Crippen LogP contribution in [0.1, 0.15) is 20.8 Å². The number of nitrogens with zero attached hydrogens (tertiary/aromatic N) is 3. The van der Waals surface area contributed by atoms with E-state index in [4.69, 9.17) is 35.2 Å². The van der Waals surface area contributed by atoms with Crippen LogP contribution in [0, 0.1) is 6.07 Å². The first-order chi connectivity index (χ1) is 9.63.